The molecule has 1 aromatic heterocycles. The van der Waals surface area contributed by atoms with Crippen molar-refractivity contribution in [3.05, 3.63) is 65.0 Å². The Hall–Kier alpha value is -3.39. The van der Waals surface area contributed by atoms with Crippen molar-refractivity contribution in [1.82, 2.24) is 20.3 Å². The molecule has 4 N–H and O–H groups in total. The summed E-state index contributed by atoms with van der Waals surface area (Å²) >= 11 is 0. The van der Waals surface area contributed by atoms with Crippen LogP contribution in [-0.4, -0.2) is 32.4 Å². The molecule has 2 amide bonds. The number of nitrogens with zero attached hydrogens (tertiary/aromatic N) is 2. The number of H-pyrrole nitrogens is 1. The number of nitrogens with two attached hydrogens (primary N) is 1. The van der Waals surface area contributed by atoms with Crippen LogP contribution in [-0.2, 0) is 17.8 Å². The van der Waals surface area contributed by atoms with Crippen molar-refractivity contribution in [2.75, 3.05) is 0 Å². The standard InChI is InChI=1S/C22H25N5O3/c1-22(2,3)26-30-21(29)27-12-14-8-5-4-7-13(14)11-17(27)20-24-16-10-6-9-15(19(23)28)18(16)25-20/h4-10,17,26H,11-12H2,1-3H3,(H2,23,28)(H,24,25). The number of benzene rings is 2. The molecule has 1 unspecified atom stereocenters. The molecule has 8 heteroatoms. The Morgan fingerprint density at radius 2 is 1.90 bits per heavy atom. The highest BCUT2D eigenvalue weighted by atomic mass is 16.7. The molecule has 2 aromatic carbocycles. The molecule has 156 valence electrons. The van der Waals surface area contributed by atoms with Crippen molar-refractivity contribution in [3.63, 3.8) is 0 Å². The largest absolute Gasteiger partial charge is 0.429 e. The monoisotopic (exact) mass is 407 g/mol. The summed E-state index contributed by atoms with van der Waals surface area (Å²) in [7, 11) is 0. The van der Waals surface area contributed by atoms with Crippen molar-refractivity contribution in [3.8, 4) is 0 Å². The number of carbonyl (C=O) groups is 2. The fourth-order valence-electron chi connectivity index (χ4n) is 3.62. The summed E-state index contributed by atoms with van der Waals surface area (Å²) in [4.78, 5) is 39.7. The van der Waals surface area contributed by atoms with Gasteiger partial charge < -0.3 is 15.6 Å². The van der Waals surface area contributed by atoms with Crippen molar-refractivity contribution in [1.29, 1.82) is 0 Å². The second kappa shape index (κ2) is 7.46. The quantitative estimate of drug-likeness (QED) is 0.577. The summed E-state index contributed by atoms with van der Waals surface area (Å²) in [5, 5.41) is 0. The zero-order chi connectivity index (χ0) is 21.5. The maximum atomic E-state index is 13.0. The first-order chi connectivity index (χ1) is 14.2. The smallest absolute Gasteiger partial charge is 0.366 e. The van der Waals surface area contributed by atoms with Gasteiger partial charge in [0.05, 0.1) is 23.7 Å². The molecule has 30 heavy (non-hydrogen) atoms. The summed E-state index contributed by atoms with van der Waals surface area (Å²) in [5.74, 6) is 0.0409. The van der Waals surface area contributed by atoms with E-state index < -0.39 is 12.0 Å². The molecular formula is C22H25N5O3. The second-order valence-corrected chi connectivity index (χ2v) is 8.52. The number of hydroxylamine groups is 1. The van der Waals surface area contributed by atoms with Crippen LogP contribution in [0.15, 0.2) is 42.5 Å². The molecule has 4 rings (SSSR count). The molecule has 2 heterocycles. The summed E-state index contributed by atoms with van der Waals surface area (Å²) in [5.41, 5.74) is 11.7. The van der Waals surface area contributed by atoms with E-state index in [4.69, 9.17) is 10.6 Å². The van der Waals surface area contributed by atoms with Crippen LogP contribution in [0.5, 0.6) is 0 Å². The number of hydrogen-bond donors (Lipinski definition) is 3. The minimum atomic E-state index is -0.543. The number of hydrogen-bond acceptors (Lipinski definition) is 5. The molecule has 0 fully saturated rings. The Bertz CT molecular complexity index is 1120. The molecule has 0 radical (unpaired) electrons. The Balaban J connectivity index is 1.73. The number of carbonyl (C=O) groups excluding carboxylic acids is 2. The summed E-state index contributed by atoms with van der Waals surface area (Å²) in [6.07, 6.45) is 0.0898. The lowest BCUT2D eigenvalue weighted by atomic mass is 9.94. The van der Waals surface area contributed by atoms with E-state index in [2.05, 4.69) is 21.5 Å². The van der Waals surface area contributed by atoms with E-state index in [0.717, 1.165) is 11.1 Å². The van der Waals surface area contributed by atoms with Gasteiger partial charge in [-0.3, -0.25) is 9.69 Å². The first-order valence-electron chi connectivity index (χ1n) is 9.83. The van der Waals surface area contributed by atoms with Gasteiger partial charge in [-0.05, 0) is 44.0 Å². The lowest BCUT2D eigenvalue weighted by Gasteiger charge is -2.35. The van der Waals surface area contributed by atoms with E-state index in [-0.39, 0.29) is 11.6 Å². The third kappa shape index (κ3) is 3.86. The highest BCUT2D eigenvalue weighted by Gasteiger charge is 2.34. The van der Waals surface area contributed by atoms with Crippen LogP contribution >= 0.6 is 0 Å². The Labute approximate surface area is 174 Å². The van der Waals surface area contributed by atoms with E-state index >= 15 is 0 Å². The summed E-state index contributed by atoms with van der Waals surface area (Å²) in [6.45, 7) is 6.13. The maximum absolute atomic E-state index is 13.0. The molecular weight excluding hydrogens is 382 g/mol. The molecule has 3 aromatic rings. The van der Waals surface area contributed by atoms with E-state index in [0.29, 0.717) is 35.4 Å². The topological polar surface area (TPSA) is 113 Å². The van der Waals surface area contributed by atoms with Gasteiger partial charge in [-0.15, -0.1) is 5.48 Å². The van der Waals surface area contributed by atoms with Gasteiger partial charge in [0.2, 0.25) is 0 Å². The van der Waals surface area contributed by atoms with Gasteiger partial charge >= 0.3 is 6.09 Å². The predicted octanol–water partition coefficient (Wildman–Crippen LogP) is 3.20. The fourth-order valence-corrected chi connectivity index (χ4v) is 3.62. The Kier molecular flexibility index (Phi) is 4.95. The number of primary amides is 1. The number of amides is 2. The summed E-state index contributed by atoms with van der Waals surface area (Å²) < 4.78 is 0. The van der Waals surface area contributed by atoms with Crippen LogP contribution in [0.4, 0.5) is 4.79 Å². The van der Waals surface area contributed by atoms with Crippen LogP contribution in [0.1, 0.15) is 54.1 Å². The molecule has 1 aliphatic heterocycles. The number of imidazole rings is 1. The van der Waals surface area contributed by atoms with Crippen LogP contribution in [0.2, 0.25) is 0 Å². The molecule has 0 saturated carbocycles. The molecule has 0 saturated heterocycles. The van der Waals surface area contributed by atoms with Gasteiger partial charge in [-0.1, -0.05) is 30.3 Å². The van der Waals surface area contributed by atoms with Crippen LogP contribution < -0.4 is 11.2 Å². The Morgan fingerprint density at radius 1 is 1.17 bits per heavy atom. The molecule has 0 bridgehead atoms. The minimum absolute atomic E-state index is 0.342. The lowest BCUT2D eigenvalue weighted by Crippen LogP contribution is -2.45. The van der Waals surface area contributed by atoms with E-state index in [1.807, 2.05) is 45.0 Å². The van der Waals surface area contributed by atoms with Crippen molar-refractivity contribution in [2.24, 2.45) is 5.73 Å². The van der Waals surface area contributed by atoms with Gasteiger partial charge in [-0.25, -0.2) is 9.78 Å². The van der Waals surface area contributed by atoms with Gasteiger partial charge in [0.15, 0.2) is 0 Å². The number of aromatic amines is 1. The average molecular weight is 407 g/mol. The number of aromatic nitrogens is 2. The minimum Gasteiger partial charge on any atom is -0.366 e. The predicted molar refractivity (Wildman–Crippen MR) is 112 cm³/mol. The zero-order valence-electron chi connectivity index (χ0n) is 17.2. The van der Waals surface area contributed by atoms with E-state index in [9.17, 15) is 9.59 Å². The highest BCUT2D eigenvalue weighted by Crippen LogP contribution is 2.33. The highest BCUT2D eigenvalue weighted by molar-refractivity contribution is 6.04. The summed E-state index contributed by atoms with van der Waals surface area (Å²) in [6, 6.07) is 12.8. The van der Waals surface area contributed by atoms with Crippen molar-refractivity contribution >= 4 is 23.0 Å². The van der Waals surface area contributed by atoms with Crippen LogP contribution in [0.3, 0.4) is 0 Å². The van der Waals surface area contributed by atoms with Crippen LogP contribution in [0, 0.1) is 0 Å². The zero-order valence-corrected chi connectivity index (χ0v) is 17.2. The molecule has 1 aliphatic rings. The third-order valence-electron chi connectivity index (χ3n) is 5.04. The van der Waals surface area contributed by atoms with Crippen LogP contribution in [0.25, 0.3) is 11.0 Å². The number of rotatable bonds is 3. The number of fused-ring (bicyclic) bond motifs is 2. The molecule has 8 nitrogen and oxygen atoms in total. The first kappa shape index (κ1) is 19.9. The fraction of sp³-hybridized carbons (Fsp3) is 0.318. The van der Waals surface area contributed by atoms with E-state index in [1.54, 1.807) is 17.0 Å². The van der Waals surface area contributed by atoms with Gasteiger partial charge in [0, 0.05) is 12.0 Å². The average Bonchev–Trinajstić information content (AvgIpc) is 3.14. The van der Waals surface area contributed by atoms with Crippen molar-refractivity contribution in [2.45, 2.75) is 45.3 Å². The normalized spacial score (nSPS) is 16.4. The SMILES string of the molecule is CC(C)(C)NOC(=O)N1Cc2ccccc2CC1c1nc2c(C(N)=O)cccc2[nH]1. The molecule has 0 aliphatic carbocycles. The number of nitrogens with one attached hydrogen (secondary N) is 2. The Morgan fingerprint density at radius 3 is 2.60 bits per heavy atom. The second-order valence-electron chi connectivity index (χ2n) is 8.52. The number of para-hydroxylation sites is 1. The maximum Gasteiger partial charge on any atom is 0.429 e. The lowest BCUT2D eigenvalue weighted by molar-refractivity contribution is 0.00797. The first-order valence-corrected chi connectivity index (χ1v) is 9.83. The molecule has 0 spiro atoms. The third-order valence-corrected chi connectivity index (χ3v) is 5.04. The van der Waals surface area contributed by atoms with E-state index in [1.165, 1.54) is 0 Å². The van der Waals surface area contributed by atoms with Gasteiger partial charge in [0.25, 0.3) is 5.91 Å². The van der Waals surface area contributed by atoms with Gasteiger partial charge in [-0.2, -0.15) is 0 Å². The molecule has 1 atom stereocenters. The van der Waals surface area contributed by atoms with Gasteiger partial charge in [0.1, 0.15) is 11.3 Å². The van der Waals surface area contributed by atoms with Crippen molar-refractivity contribution < 1.29 is 14.4 Å².